The summed E-state index contributed by atoms with van der Waals surface area (Å²) in [5.41, 5.74) is 9.47. The number of hydrogen-bond acceptors (Lipinski definition) is 5. The molecule has 0 radical (unpaired) electrons. The van der Waals surface area contributed by atoms with Gasteiger partial charge in [-0.3, -0.25) is 10.2 Å². The van der Waals surface area contributed by atoms with Crippen molar-refractivity contribution in [2.24, 2.45) is 5.73 Å². The molecule has 0 spiro atoms. The van der Waals surface area contributed by atoms with Crippen LogP contribution in [0.25, 0.3) is 16.5 Å². The predicted octanol–water partition coefficient (Wildman–Crippen LogP) is 6.76. The highest BCUT2D eigenvalue weighted by molar-refractivity contribution is 6.07. The highest BCUT2D eigenvalue weighted by Crippen LogP contribution is 2.33. The van der Waals surface area contributed by atoms with Crippen LogP contribution in [-0.4, -0.2) is 33.9 Å². The van der Waals surface area contributed by atoms with Crippen LogP contribution >= 0.6 is 0 Å². The SMILES string of the molecule is Cc1ccc(-n2nc(C(C)(C)C)cc2NC(=O)Nc2ccc(OCc3ccnc(N(C)C(N)=O)c3)c3ccccc23)cc1. The molecule has 0 aliphatic carbocycles. The largest absolute Gasteiger partial charge is 0.488 e. The van der Waals surface area contributed by atoms with Crippen LogP contribution in [0, 0.1) is 6.92 Å². The number of amides is 4. The standard InChI is InChI=1S/C33H35N7O3/c1-21-10-12-23(13-11-21)40-30(19-28(38-40)33(2,3)4)37-32(42)36-26-14-15-27(25-9-7-6-8-24(25)26)43-20-22-16-17-35-29(18-22)39(5)31(34)41/h6-19H,20H2,1-5H3,(H2,34,41)(H2,36,37,42). The number of ether oxygens (including phenoxy) is 1. The van der Waals surface area contributed by atoms with Crippen molar-refractivity contribution >= 4 is 40.2 Å². The Labute approximate surface area is 250 Å². The van der Waals surface area contributed by atoms with E-state index in [-0.39, 0.29) is 12.0 Å². The van der Waals surface area contributed by atoms with E-state index in [1.807, 2.05) is 79.7 Å². The lowest BCUT2D eigenvalue weighted by Crippen LogP contribution is -2.32. The second-order valence-electron chi connectivity index (χ2n) is 11.4. The molecule has 10 nitrogen and oxygen atoms in total. The van der Waals surface area contributed by atoms with Gasteiger partial charge in [-0.1, -0.05) is 62.7 Å². The summed E-state index contributed by atoms with van der Waals surface area (Å²) in [5.74, 6) is 1.65. The quantitative estimate of drug-likeness (QED) is 0.197. The number of benzene rings is 3. The van der Waals surface area contributed by atoms with E-state index in [1.165, 1.54) is 4.90 Å². The van der Waals surface area contributed by atoms with Gasteiger partial charge in [0.25, 0.3) is 0 Å². The fourth-order valence-corrected chi connectivity index (χ4v) is 4.50. The number of pyridine rings is 1. The number of nitrogens with two attached hydrogens (primary N) is 1. The molecule has 0 aliphatic rings. The average molecular weight is 578 g/mol. The number of nitrogens with zero attached hydrogens (tertiary/aromatic N) is 4. The van der Waals surface area contributed by atoms with E-state index in [0.717, 1.165) is 33.3 Å². The third kappa shape index (κ3) is 6.59. The maximum Gasteiger partial charge on any atom is 0.324 e. The summed E-state index contributed by atoms with van der Waals surface area (Å²) in [6, 6.07) is 23.8. The zero-order chi connectivity index (χ0) is 30.7. The molecule has 43 heavy (non-hydrogen) atoms. The minimum atomic E-state index is -0.599. The van der Waals surface area contributed by atoms with Crippen LogP contribution in [-0.2, 0) is 12.0 Å². The van der Waals surface area contributed by atoms with Gasteiger partial charge in [0.1, 0.15) is 24.0 Å². The molecule has 2 heterocycles. The molecule has 2 aromatic heterocycles. The van der Waals surface area contributed by atoms with E-state index in [4.69, 9.17) is 15.6 Å². The second kappa shape index (κ2) is 11.8. The number of fused-ring (bicyclic) bond motifs is 1. The molecule has 0 unspecified atom stereocenters. The van der Waals surface area contributed by atoms with Crippen molar-refractivity contribution in [1.82, 2.24) is 14.8 Å². The van der Waals surface area contributed by atoms with E-state index in [0.29, 0.717) is 23.1 Å². The number of urea groups is 2. The summed E-state index contributed by atoms with van der Waals surface area (Å²) in [6.07, 6.45) is 1.60. The van der Waals surface area contributed by atoms with Crippen LogP contribution in [0.4, 0.5) is 26.9 Å². The van der Waals surface area contributed by atoms with E-state index in [9.17, 15) is 9.59 Å². The van der Waals surface area contributed by atoms with Gasteiger partial charge in [-0.05, 0) is 48.9 Å². The second-order valence-corrected chi connectivity index (χ2v) is 11.4. The summed E-state index contributed by atoms with van der Waals surface area (Å²) in [6.45, 7) is 8.53. The third-order valence-corrected chi connectivity index (χ3v) is 7.01. The van der Waals surface area contributed by atoms with Gasteiger partial charge in [0.2, 0.25) is 0 Å². The Morgan fingerprint density at radius 3 is 2.37 bits per heavy atom. The molecule has 0 aliphatic heterocycles. The van der Waals surface area contributed by atoms with E-state index >= 15 is 0 Å². The van der Waals surface area contributed by atoms with Crippen LogP contribution in [0.15, 0.2) is 85.1 Å². The summed E-state index contributed by atoms with van der Waals surface area (Å²) < 4.78 is 7.91. The lowest BCUT2D eigenvalue weighted by molar-refractivity contribution is 0.255. The van der Waals surface area contributed by atoms with Crippen molar-refractivity contribution < 1.29 is 14.3 Å². The molecule has 10 heteroatoms. The molecular weight excluding hydrogens is 542 g/mol. The highest BCUT2D eigenvalue weighted by Gasteiger charge is 2.22. The first-order valence-corrected chi connectivity index (χ1v) is 13.9. The number of carbonyl (C=O) groups is 2. The van der Waals surface area contributed by atoms with Crippen LogP contribution in [0.5, 0.6) is 5.75 Å². The van der Waals surface area contributed by atoms with Crippen LogP contribution < -0.4 is 26.0 Å². The molecule has 0 bridgehead atoms. The number of anilines is 3. The third-order valence-electron chi connectivity index (χ3n) is 7.01. The zero-order valence-corrected chi connectivity index (χ0v) is 24.9. The van der Waals surface area contributed by atoms with Crippen molar-refractivity contribution in [1.29, 1.82) is 0 Å². The average Bonchev–Trinajstić information content (AvgIpc) is 3.41. The summed E-state index contributed by atoms with van der Waals surface area (Å²) >= 11 is 0. The number of rotatable bonds is 7. The Balaban J connectivity index is 1.36. The predicted molar refractivity (Wildman–Crippen MR) is 170 cm³/mol. The van der Waals surface area contributed by atoms with Gasteiger partial charge in [0.15, 0.2) is 0 Å². The summed E-state index contributed by atoms with van der Waals surface area (Å²) in [7, 11) is 1.56. The summed E-state index contributed by atoms with van der Waals surface area (Å²) in [4.78, 5) is 30.3. The topological polar surface area (TPSA) is 127 Å². The Morgan fingerprint density at radius 1 is 0.953 bits per heavy atom. The van der Waals surface area contributed by atoms with Gasteiger partial charge in [-0.2, -0.15) is 5.10 Å². The van der Waals surface area contributed by atoms with Crippen molar-refractivity contribution in [2.75, 3.05) is 22.6 Å². The first-order chi connectivity index (χ1) is 20.5. The smallest absolute Gasteiger partial charge is 0.324 e. The number of carbonyl (C=O) groups excluding carboxylic acids is 2. The molecule has 220 valence electrons. The first kappa shape index (κ1) is 29.1. The van der Waals surface area contributed by atoms with Gasteiger partial charge in [0, 0.05) is 35.5 Å². The maximum absolute atomic E-state index is 13.3. The number of primary amides is 1. The van der Waals surface area contributed by atoms with Crippen molar-refractivity contribution in [3.05, 3.63) is 102 Å². The van der Waals surface area contributed by atoms with Crippen LogP contribution in [0.1, 0.15) is 37.6 Å². The number of aromatic nitrogens is 3. The lowest BCUT2D eigenvalue weighted by Gasteiger charge is -2.16. The lowest BCUT2D eigenvalue weighted by atomic mass is 9.92. The Hall–Kier alpha value is -5.38. The normalized spacial score (nSPS) is 11.3. The van der Waals surface area contributed by atoms with Crippen molar-refractivity contribution in [3.63, 3.8) is 0 Å². The Bertz CT molecular complexity index is 1790. The van der Waals surface area contributed by atoms with E-state index in [1.54, 1.807) is 24.0 Å². The fraction of sp³-hybridized carbons (Fsp3) is 0.212. The van der Waals surface area contributed by atoms with Gasteiger partial charge in [-0.25, -0.2) is 19.3 Å². The van der Waals surface area contributed by atoms with Gasteiger partial charge in [0.05, 0.1) is 17.1 Å². The number of hydrogen-bond donors (Lipinski definition) is 3. The van der Waals surface area contributed by atoms with Crippen LogP contribution in [0.2, 0.25) is 0 Å². The van der Waals surface area contributed by atoms with Gasteiger partial charge in [-0.15, -0.1) is 0 Å². The van der Waals surface area contributed by atoms with Crippen molar-refractivity contribution in [3.8, 4) is 11.4 Å². The molecule has 0 fully saturated rings. The minimum Gasteiger partial charge on any atom is -0.488 e. The Kier molecular flexibility index (Phi) is 8.03. The molecular formula is C33H35N7O3. The first-order valence-electron chi connectivity index (χ1n) is 13.9. The summed E-state index contributed by atoms with van der Waals surface area (Å²) in [5, 5.41) is 12.4. The molecule has 5 rings (SSSR count). The monoisotopic (exact) mass is 577 g/mol. The molecule has 0 saturated carbocycles. The van der Waals surface area contributed by atoms with Crippen molar-refractivity contribution in [2.45, 2.75) is 39.7 Å². The van der Waals surface area contributed by atoms with Gasteiger partial charge >= 0.3 is 12.1 Å². The number of aryl methyl sites for hydroxylation is 1. The maximum atomic E-state index is 13.3. The molecule has 5 aromatic rings. The van der Waals surface area contributed by atoms with E-state index < -0.39 is 12.1 Å². The van der Waals surface area contributed by atoms with Gasteiger partial charge < -0.3 is 15.8 Å². The molecule has 0 saturated heterocycles. The fourth-order valence-electron chi connectivity index (χ4n) is 4.50. The van der Waals surface area contributed by atoms with E-state index in [2.05, 4.69) is 36.4 Å². The minimum absolute atomic E-state index is 0.204. The zero-order valence-electron chi connectivity index (χ0n) is 24.9. The molecule has 0 atom stereocenters. The Morgan fingerprint density at radius 2 is 1.67 bits per heavy atom. The molecule has 4 N–H and O–H groups in total. The molecule has 4 amide bonds. The molecule has 3 aromatic carbocycles. The van der Waals surface area contributed by atoms with Crippen LogP contribution in [0.3, 0.4) is 0 Å². The highest BCUT2D eigenvalue weighted by atomic mass is 16.5. The number of nitrogens with one attached hydrogen (secondary N) is 2.